The van der Waals surface area contributed by atoms with E-state index in [-0.39, 0.29) is 24.5 Å². The number of hydrogen-bond donors (Lipinski definition) is 1. The predicted molar refractivity (Wildman–Crippen MR) is 58.1 cm³/mol. The summed E-state index contributed by atoms with van der Waals surface area (Å²) in [6.07, 6.45) is 1.22. The Bertz CT molecular complexity index is 584. The minimum atomic E-state index is -0.901. The topological polar surface area (TPSA) is 94.1 Å². The van der Waals surface area contributed by atoms with Crippen molar-refractivity contribution >= 4 is 5.69 Å². The van der Waals surface area contributed by atoms with E-state index in [4.69, 9.17) is 5.11 Å². The van der Waals surface area contributed by atoms with E-state index in [9.17, 15) is 14.5 Å². The van der Waals surface area contributed by atoms with E-state index >= 15 is 0 Å². The Labute approximate surface area is 101 Å². The molecule has 0 radical (unpaired) electrons. The second kappa shape index (κ2) is 4.88. The van der Waals surface area contributed by atoms with E-state index in [0.29, 0.717) is 0 Å². The fourth-order valence-electron chi connectivity index (χ4n) is 1.53. The van der Waals surface area contributed by atoms with Crippen LogP contribution in [-0.4, -0.2) is 24.8 Å². The largest absolute Gasteiger partial charge is 0.388 e. The zero-order valence-corrected chi connectivity index (χ0v) is 9.15. The number of aromatic nitrogens is 3. The van der Waals surface area contributed by atoms with E-state index in [1.807, 2.05) is 0 Å². The number of halogens is 1. The molecule has 2 rings (SSSR count). The summed E-state index contributed by atoms with van der Waals surface area (Å²) in [4.78, 5) is 13.6. The molecular formula is C10H9FN4O3. The number of benzene rings is 1. The van der Waals surface area contributed by atoms with Gasteiger partial charge in [-0.2, -0.15) is 9.49 Å². The van der Waals surface area contributed by atoms with Gasteiger partial charge in [0.15, 0.2) is 5.82 Å². The van der Waals surface area contributed by atoms with Crippen LogP contribution in [0.2, 0.25) is 0 Å². The normalized spacial score (nSPS) is 10.6. The van der Waals surface area contributed by atoms with Crippen LogP contribution in [0, 0.1) is 15.9 Å². The van der Waals surface area contributed by atoms with E-state index in [1.54, 1.807) is 0 Å². The van der Waals surface area contributed by atoms with Crippen molar-refractivity contribution in [3.63, 3.8) is 0 Å². The number of nitro groups is 1. The van der Waals surface area contributed by atoms with Crippen LogP contribution >= 0.6 is 0 Å². The third kappa shape index (κ3) is 2.18. The average Bonchev–Trinajstić information content (AvgIpc) is 2.78. The Hall–Kier alpha value is -2.35. The van der Waals surface area contributed by atoms with Gasteiger partial charge in [0.1, 0.15) is 12.9 Å². The summed E-state index contributed by atoms with van der Waals surface area (Å²) < 4.78 is 15.1. The molecule has 0 bridgehead atoms. The summed E-state index contributed by atoms with van der Waals surface area (Å²) in [5, 5.41) is 23.4. The summed E-state index contributed by atoms with van der Waals surface area (Å²) in [7, 11) is 0. The molecule has 2 aromatic rings. The number of rotatable bonds is 4. The second-order valence-corrected chi connectivity index (χ2v) is 3.50. The van der Waals surface area contributed by atoms with Crippen molar-refractivity contribution in [2.75, 3.05) is 0 Å². The Morgan fingerprint density at radius 2 is 2.28 bits per heavy atom. The number of aliphatic hydroxyl groups excluding tert-OH is 1. The first kappa shape index (κ1) is 12.1. The van der Waals surface area contributed by atoms with Crippen LogP contribution in [0.15, 0.2) is 24.5 Å². The Kier molecular flexibility index (Phi) is 3.28. The van der Waals surface area contributed by atoms with Gasteiger partial charge in [-0.3, -0.25) is 10.1 Å². The molecule has 8 heteroatoms. The van der Waals surface area contributed by atoms with Crippen LogP contribution in [-0.2, 0) is 13.2 Å². The second-order valence-electron chi connectivity index (χ2n) is 3.50. The molecule has 0 saturated heterocycles. The van der Waals surface area contributed by atoms with Crippen molar-refractivity contribution in [1.29, 1.82) is 0 Å². The Balaban J connectivity index is 2.35. The molecule has 0 fully saturated rings. The van der Waals surface area contributed by atoms with E-state index in [1.165, 1.54) is 23.1 Å². The summed E-state index contributed by atoms with van der Waals surface area (Å²) in [6.45, 7) is -0.361. The van der Waals surface area contributed by atoms with E-state index in [0.717, 1.165) is 6.07 Å². The Morgan fingerprint density at radius 1 is 1.50 bits per heavy atom. The monoisotopic (exact) mass is 252 g/mol. The Morgan fingerprint density at radius 3 is 2.94 bits per heavy atom. The highest BCUT2D eigenvalue weighted by atomic mass is 19.1. The number of hydrogen-bond acceptors (Lipinski definition) is 5. The van der Waals surface area contributed by atoms with Crippen molar-refractivity contribution < 1.29 is 14.4 Å². The number of aliphatic hydroxyl groups is 1. The zero-order valence-electron chi connectivity index (χ0n) is 9.15. The molecule has 0 spiro atoms. The lowest BCUT2D eigenvalue weighted by Gasteiger charge is -2.05. The van der Waals surface area contributed by atoms with Gasteiger partial charge in [-0.1, -0.05) is 12.1 Å². The van der Waals surface area contributed by atoms with Crippen molar-refractivity contribution in [3.05, 3.63) is 51.8 Å². The highest BCUT2D eigenvalue weighted by molar-refractivity contribution is 5.36. The lowest BCUT2D eigenvalue weighted by atomic mass is 10.2. The van der Waals surface area contributed by atoms with Crippen LogP contribution in [0.25, 0.3) is 0 Å². The molecule has 7 nitrogen and oxygen atoms in total. The van der Waals surface area contributed by atoms with Gasteiger partial charge in [0.05, 0.1) is 11.5 Å². The standard InChI is InChI=1S/C10H9FN4O3/c11-10-7(2-1-3-8(10)15(17)18)4-14-9(5-16)12-6-13-14/h1-3,6,16H,4-5H2. The smallest absolute Gasteiger partial charge is 0.305 e. The van der Waals surface area contributed by atoms with E-state index < -0.39 is 16.4 Å². The molecule has 0 saturated carbocycles. The molecular weight excluding hydrogens is 243 g/mol. The van der Waals surface area contributed by atoms with Crippen LogP contribution in [0.3, 0.4) is 0 Å². The lowest BCUT2D eigenvalue weighted by Crippen LogP contribution is -2.09. The van der Waals surface area contributed by atoms with Crippen molar-refractivity contribution in [3.8, 4) is 0 Å². The minimum Gasteiger partial charge on any atom is -0.388 e. The highest BCUT2D eigenvalue weighted by Crippen LogP contribution is 2.20. The molecule has 94 valence electrons. The summed E-state index contributed by atoms with van der Waals surface area (Å²) >= 11 is 0. The van der Waals surface area contributed by atoms with Gasteiger partial charge < -0.3 is 5.11 Å². The molecule has 0 aliphatic heterocycles. The van der Waals surface area contributed by atoms with Crippen LogP contribution < -0.4 is 0 Å². The SMILES string of the molecule is O=[N+]([O-])c1cccc(Cn2ncnc2CO)c1F. The highest BCUT2D eigenvalue weighted by Gasteiger charge is 2.18. The van der Waals surface area contributed by atoms with Gasteiger partial charge in [0.25, 0.3) is 0 Å². The quantitative estimate of drug-likeness (QED) is 0.643. The molecule has 1 heterocycles. The van der Waals surface area contributed by atoms with Crippen LogP contribution in [0.4, 0.5) is 10.1 Å². The third-order valence-electron chi connectivity index (χ3n) is 2.41. The van der Waals surface area contributed by atoms with Gasteiger partial charge in [0.2, 0.25) is 5.82 Å². The van der Waals surface area contributed by atoms with E-state index in [2.05, 4.69) is 10.1 Å². The molecule has 0 amide bonds. The maximum atomic E-state index is 13.8. The molecule has 1 aromatic carbocycles. The minimum absolute atomic E-state index is 0.0244. The van der Waals surface area contributed by atoms with Gasteiger partial charge in [-0.15, -0.1) is 0 Å². The maximum Gasteiger partial charge on any atom is 0.305 e. The van der Waals surface area contributed by atoms with Crippen molar-refractivity contribution in [2.45, 2.75) is 13.2 Å². The molecule has 1 aromatic heterocycles. The molecule has 0 aliphatic carbocycles. The van der Waals surface area contributed by atoms with Crippen LogP contribution in [0.1, 0.15) is 11.4 Å². The average molecular weight is 252 g/mol. The molecule has 0 aliphatic rings. The summed E-state index contributed by atoms with van der Waals surface area (Å²) in [6, 6.07) is 3.91. The first-order chi connectivity index (χ1) is 8.63. The molecule has 0 atom stereocenters. The fraction of sp³-hybridized carbons (Fsp3) is 0.200. The fourth-order valence-corrected chi connectivity index (χ4v) is 1.53. The van der Waals surface area contributed by atoms with Gasteiger partial charge in [-0.25, -0.2) is 9.67 Å². The van der Waals surface area contributed by atoms with Gasteiger partial charge in [0, 0.05) is 11.6 Å². The summed E-state index contributed by atoms with van der Waals surface area (Å²) in [5.41, 5.74) is -0.470. The molecule has 18 heavy (non-hydrogen) atoms. The maximum absolute atomic E-state index is 13.8. The van der Waals surface area contributed by atoms with Crippen LogP contribution in [0.5, 0.6) is 0 Å². The van der Waals surface area contributed by atoms with Crippen molar-refractivity contribution in [2.24, 2.45) is 0 Å². The molecule has 0 unspecified atom stereocenters. The van der Waals surface area contributed by atoms with Crippen molar-refractivity contribution in [1.82, 2.24) is 14.8 Å². The number of nitro benzene ring substituents is 1. The zero-order chi connectivity index (χ0) is 13.1. The van der Waals surface area contributed by atoms with Gasteiger partial charge >= 0.3 is 5.69 Å². The third-order valence-corrected chi connectivity index (χ3v) is 2.41. The predicted octanol–water partition coefficient (Wildman–Crippen LogP) is 0.866. The lowest BCUT2D eigenvalue weighted by molar-refractivity contribution is -0.387. The first-order valence-electron chi connectivity index (χ1n) is 5.02. The number of nitrogens with zero attached hydrogens (tertiary/aromatic N) is 4. The van der Waals surface area contributed by atoms with Gasteiger partial charge in [-0.05, 0) is 0 Å². The summed E-state index contributed by atoms with van der Waals surface area (Å²) in [5.74, 6) is -0.636. The first-order valence-corrected chi connectivity index (χ1v) is 5.02. The molecule has 1 N–H and O–H groups in total.